The van der Waals surface area contributed by atoms with Gasteiger partial charge in [0.1, 0.15) is 22.3 Å². The summed E-state index contributed by atoms with van der Waals surface area (Å²) in [6, 6.07) is 90.4. The number of anilines is 3. The number of hydrogen-bond acceptors (Lipinski definition) is 3. The van der Waals surface area contributed by atoms with E-state index in [9.17, 15) is 0 Å². The first kappa shape index (κ1) is 38.9. The van der Waals surface area contributed by atoms with Crippen molar-refractivity contribution in [2.24, 2.45) is 0 Å². The van der Waals surface area contributed by atoms with Gasteiger partial charge >= 0.3 is 0 Å². The lowest BCUT2D eigenvalue weighted by Crippen LogP contribution is -2.26. The number of nitrogens with zero attached hydrogens (tertiary/aromatic N) is 1. The molecule has 2 aromatic heterocycles. The van der Waals surface area contributed by atoms with Crippen LogP contribution in [0.2, 0.25) is 0 Å². The molecule has 1 spiro atoms. The van der Waals surface area contributed by atoms with E-state index in [1.54, 1.807) is 0 Å². The highest BCUT2D eigenvalue weighted by Gasteiger charge is 2.51. The van der Waals surface area contributed by atoms with Crippen LogP contribution in [0.3, 0.4) is 0 Å². The summed E-state index contributed by atoms with van der Waals surface area (Å²) in [5.41, 5.74) is 23.5. The Morgan fingerprint density at radius 2 is 0.786 bits per heavy atom. The van der Waals surface area contributed by atoms with Crippen LogP contribution >= 0.6 is 0 Å². The predicted molar refractivity (Wildman–Crippen MR) is 288 cm³/mol. The Balaban J connectivity index is 0.875. The Bertz CT molecular complexity index is 4160. The molecule has 0 saturated heterocycles. The topological polar surface area (TPSA) is 29.5 Å². The average Bonchev–Trinajstić information content (AvgIpc) is 4.16. The Hall–Kier alpha value is -9.18. The number of hydrogen-bond donors (Lipinski definition) is 0. The minimum Gasteiger partial charge on any atom is -0.456 e. The fourth-order valence-corrected chi connectivity index (χ4v) is 12.1. The van der Waals surface area contributed by atoms with Crippen molar-refractivity contribution in [2.45, 2.75) is 5.41 Å². The van der Waals surface area contributed by atoms with Gasteiger partial charge in [-0.2, -0.15) is 0 Å². The molecule has 11 aromatic carbocycles. The van der Waals surface area contributed by atoms with Gasteiger partial charge in [0.15, 0.2) is 0 Å². The molecule has 15 rings (SSSR count). The molecule has 0 aliphatic heterocycles. The van der Waals surface area contributed by atoms with Crippen molar-refractivity contribution in [2.75, 3.05) is 4.90 Å². The van der Waals surface area contributed by atoms with E-state index < -0.39 is 5.41 Å². The number of furan rings is 2. The molecule has 3 heteroatoms. The highest BCUT2D eigenvalue weighted by molar-refractivity contribution is 6.23. The maximum absolute atomic E-state index is 6.94. The zero-order valence-electron chi connectivity index (χ0n) is 37.9. The van der Waals surface area contributed by atoms with Crippen LogP contribution < -0.4 is 4.90 Å². The number of fused-ring (bicyclic) bond motifs is 16. The second-order valence-electron chi connectivity index (χ2n) is 18.7. The molecule has 13 aromatic rings. The van der Waals surface area contributed by atoms with E-state index in [0.717, 1.165) is 83.2 Å². The summed E-state index contributed by atoms with van der Waals surface area (Å²) in [6.45, 7) is 0. The van der Waals surface area contributed by atoms with Gasteiger partial charge in [-0.05, 0) is 133 Å². The molecule has 3 nitrogen and oxygen atoms in total. The average molecular weight is 892 g/mol. The molecule has 0 amide bonds. The first-order valence-corrected chi connectivity index (χ1v) is 24.1. The third-order valence-corrected chi connectivity index (χ3v) is 15.1. The van der Waals surface area contributed by atoms with E-state index in [-0.39, 0.29) is 0 Å². The zero-order chi connectivity index (χ0) is 45.9. The molecule has 2 aliphatic rings. The van der Waals surface area contributed by atoms with Crippen LogP contribution in [0, 0.1) is 0 Å². The molecule has 0 fully saturated rings. The van der Waals surface area contributed by atoms with Crippen molar-refractivity contribution < 1.29 is 8.83 Å². The van der Waals surface area contributed by atoms with Crippen LogP contribution in [0.4, 0.5) is 17.1 Å². The van der Waals surface area contributed by atoms with Gasteiger partial charge in [0, 0.05) is 44.2 Å². The van der Waals surface area contributed by atoms with Crippen LogP contribution in [-0.4, -0.2) is 0 Å². The van der Waals surface area contributed by atoms with Crippen molar-refractivity contribution >= 4 is 60.9 Å². The van der Waals surface area contributed by atoms with Crippen LogP contribution in [0.15, 0.2) is 258 Å². The molecule has 0 N–H and O–H groups in total. The summed E-state index contributed by atoms with van der Waals surface area (Å²) in [7, 11) is 0. The van der Waals surface area contributed by atoms with Crippen LogP contribution in [-0.2, 0) is 5.41 Å². The van der Waals surface area contributed by atoms with Gasteiger partial charge in [-0.25, -0.2) is 0 Å². The van der Waals surface area contributed by atoms with Crippen molar-refractivity contribution in [3.05, 3.63) is 271 Å². The first-order valence-electron chi connectivity index (χ1n) is 24.1. The summed E-state index contributed by atoms with van der Waals surface area (Å²) in [5, 5.41) is 4.26. The lowest BCUT2D eigenvalue weighted by molar-refractivity contribution is 0.664. The third-order valence-electron chi connectivity index (χ3n) is 15.1. The normalized spacial score (nSPS) is 13.0. The lowest BCUT2D eigenvalue weighted by Gasteiger charge is -2.32. The Morgan fingerprint density at radius 1 is 0.286 bits per heavy atom. The fraction of sp³-hybridized carbons (Fsp3) is 0.0149. The maximum Gasteiger partial charge on any atom is 0.144 e. The van der Waals surface area contributed by atoms with E-state index in [0.29, 0.717) is 0 Å². The molecular formula is C67H41NO2. The highest BCUT2D eigenvalue weighted by atomic mass is 16.3. The molecule has 326 valence electrons. The van der Waals surface area contributed by atoms with Crippen molar-refractivity contribution in [3.63, 3.8) is 0 Å². The van der Waals surface area contributed by atoms with Gasteiger partial charge in [-0.15, -0.1) is 0 Å². The van der Waals surface area contributed by atoms with E-state index in [1.165, 1.54) is 55.6 Å². The predicted octanol–water partition coefficient (Wildman–Crippen LogP) is 18.3. The SMILES string of the molecule is c1ccc(-c2ccc(N(c3ccc(-c4ccc5c(c4)oc4c(-c6ccccc6)c6c(cc45)oc4ccccc46)cc3)c3ccc4c(c3)C3(c5ccccc5-c5ccccc53)c3ccccc3-4)cc2)cc1. The van der Waals surface area contributed by atoms with E-state index >= 15 is 0 Å². The standard InChI is InChI=1S/C67H41NO2/c1-3-15-42(16-4-1)43-27-32-47(33-28-43)68(49-36-38-53-52-21-9-13-25-59(52)67(60(53)40-49)57-23-11-7-19-50(57)51-20-8-12-24-58(51)67)48-34-29-44(30-35-48)46-31-37-54-56-41-63-65(55-22-10-14-26-61(55)69-63)64(45-17-5-2-6-18-45)66(56)70-62(54)39-46/h1-41H. The molecule has 0 radical (unpaired) electrons. The fourth-order valence-electron chi connectivity index (χ4n) is 12.1. The third kappa shape index (κ3) is 5.52. The molecule has 2 aliphatic carbocycles. The van der Waals surface area contributed by atoms with Crippen LogP contribution in [0.1, 0.15) is 22.3 Å². The quantitative estimate of drug-likeness (QED) is 0.167. The Kier molecular flexibility index (Phi) is 8.28. The van der Waals surface area contributed by atoms with Crippen molar-refractivity contribution in [3.8, 4) is 55.6 Å². The van der Waals surface area contributed by atoms with Crippen LogP contribution in [0.25, 0.3) is 99.5 Å². The number of benzene rings is 11. The zero-order valence-corrected chi connectivity index (χ0v) is 37.9. The van der Waals surface area contributed by atoms with Gasteiger partial charge in [0.2, 0.25) is 0 Å². The molecule has 70 heavy (non-hydrogen) atoms. The first-order chi connectivity index (χ1) is 34.7. The highest BCUT2D eigenvalue weighted by Crippen LogP contribution is 2.63. The van der Waals surface area contributed by atoms with Gasteiger partial charge in [-0.1, -0.05) is 188 Å². The van der Waals surface area contributed by atoms with E-state index in [4.69, 9.17) is 8.83 Å². The summed E-state index contributed by atoms with van der Waals surface area (Å²) in [5.74, 6) is 0. The molecule has 0 atom stereocenters. The molecular weight excluding hydrogens is 851 g/mol. The summed E-state index contributed by atoms with van der Waals surface area (Å²) < 4.78 is 13.4. The molecule has 0 saturated carbocycles. The minimum atomic E-state index is -0.448. The smallest absolute Gasteiger partial charge is 0.144 e. The number of rotatable bonds is 6. The second kappa shape index (κ2) is 14.9. The van der Waals surface area contributed by atoms with E-state index in [1.807, 2.05) is 12.1 Å². The van der Waals surface area contributed by atoms with Crippen molar-refractivity contribution in [1.29, 1.82) is 0 Å². The molecule has 0 unspecified atom stereocenters. The summed E-state index contributed by atoms with van der Waals surface area (Å²) in [6.07, 6.45) is 0. The number of para-hydroxylation sites is 1. The minimum absolute atomic E-state index is 0.448. The second-order valence-corrected chi connectivity index (χ2v) is 18.7. The summed E-state index contributed by atoms with van der Waals surface area (Å²) >= 11 is 0. The van der Waals surface area contributed by atoms with Gasteiger partial charge in [0.25, 0.3) is 0 Å². The Labute approximate surface area is 404 Å². The summed E-state index contributed by atoms with van der Waals surface area (Å²) in [4.78, 5) is 2.41. The molecule has 2 heterocycles. The van der Waals surface area contributed by atoms with Gasteiger partial charge < -0.3 is 13.7 Å². The van der Waals surface area contributed by atoms with Crippen LogP contribution in [0.5, 0.6) is 0 Å². The lowest BCUT2D eigenvalue weighted by atomic mass is 9.70. The van der Waals surface area contributed by atoms with Gasteiger partial charge in [-0.3, -0.25) is 0 Å². The largest absolute Gasteiger partial charge is 0.456 e. The monoisotopic (exact) mass is 891 g/mol. The maximum atomic E-state index is 6.94. The van der Waals surface area contributed by atoms with E-state index in [2.05, 4.69) is 241 Å². The van der Waals surface area contributed by atoms with Gasteiger partial charge in [0.05, 0.1) is 5.41 Å². The molecule has 0 bridgehead atoms. The Morgan fingerprint density at radius 3 is 1.43 bits per heavy atom. The van der Waals surface area contributed by atoms with Crippen molar-refractivity contribution in [1.82, 2.24) is 0 Å².